The lowest BCUT2D eigenvalue weighted by molar-refractivity contribution is -0.385. The van der Waals surface area contributed by atoms with E-state index in [1.807, 2.05) is 0 Å². The zero-order chi connectivity index (χ0) is 24.3. The lowest BCUT2D eigenvalue weighted by Crippen LogP contribution is -2.51. The molecule has 0 saturated carbocycles. The number of sulfonamides is 2. The van der Waals surface area contributed by atoms with Gasteiger partial charge in [-0.15, -0.1) is 0 Å². The Morgan fingerprint density at radius 3 is 1.36 bits per heavy atom. The molecule has 14 nitrogen and oxygen atoms in total. The van der Waals surface area contributed by atoms with Gasteiger partial charge in [-0.3, -0.25) is 20.2 Å². The second-order valence-corrected chi connectivity index (χ2v) is 10.3. The summed E-state index contributed by atoms with van der Waals surface area (Å²) in [4.78, 5) is 19.6. The molecule has 2 N–H and O–H groups in total. The van der Waals surface area contributed by atoms with Crippen LogP contribution in [0.1, 0.15) is 0 Å². The van der Waals surface area contributed by atoms with Crippen molar-refractivity contribution in [2.24, 2.45) is 0 Å². The van der Waals surface area contributed by atoms with Gasteiger partial charge >= 0.3 is 0 Å². The van der Waals surface area contributed by atoms with Crippen LogP contribution >= 0.6 is 0 Å². The Bertz CT molecular complexity index is 1150. The highest BCUT2D eigenvalue weighted by molar-refractivity contribution is 7.89. The molecule has 178 valence electrons. The van der Waals surface area contributed by atoms with E-state index in [2.05, 4.69) is 9.44 Å². The van der Waals surface area contributed by atoms with Crippen LogP contribution in [0.4, 0.5) is 11.4 Å². The molecule has 2 aromatic carbocycles. The van der Waals surface area contributed by atoms with Crippen LogP contribution in [0.15, 0.2) is 58.3 Å². The maximum absolute atomic E-state index is 12.5. The first-order valence-corrected chi connectivity index (χ1v) is 12.2. The first-order valence-electron chi connectivity index (χ1n) is 9.20. The van der Waals surface area contributed by atoms with Crippen molar-refractivity contribution in [3.05, 3.63) is 68.8 Å². The zero-order valence-corrected chi connectivity index (χ0v) is 18.4. The second kappa shape index (κ2) is 9.46. The predicted molar refractivity (Wildman–Crippen MR) is 111 cm³/mol. The summed E-state index contributed by atoms with van der Waals surface area (Å²) in [5, 5.41) is 21.5. The van der Waals surface area contributed by atoms with Crippen LogP contribution in [-0.2, 0) is 29.5 Å². The molecule has 0 bridgehead atoms. The number of benzene rings is 2. The van der Waals surface area contributed by atoms with Gasteiger partial charge in [0.25, 0.3) is 11.4 Å². The number of nitrogens with one attached hydrogen (secondary N) is 2. The van der Waals surface area contributed by atoms with Crippen LogP contribution in [0.2, 0.25) is 0 Å². The van der Waals surface area contributed by atoms with E-state index >= 15 is 0 Å². The Morgan fingerprint density at radius 1 is 0.727 bits per heavy atom. The van der Waals surface area contributed by atoms with E-state index in [4.69, 9.17) is 9.47 Å². The van der Waals surface area contributed by atoms with Gasteiger partial charge in [0.2, 0.25) is 20.0 Å². The largest absolute Gasteiger partial charge is 0.345 e. The van der Waals surface area contributed by atoms with Crippen molar-refractivity contribution in [1.29, 1.82) is 0 Å². The van der Waals surface area contributed by atoms with Crippen molar-refractivity contribution in [1.82, 2.24) is 9.44 Å². The molecule has 16 heteroatoms. The number of ether oxygens (including phenoxy) is 2. The van der Waals surface area contributed by atoms with Crippen LogP contribution in [0.25, 0.3) is 0 Å². The molecule has 3 rings (SSSR count). The summed E-state index contributed by atoms with van der Waals surface area (Å²) in [6.07, 6.45) is 0. The lowest BCUT2D eigenvalue weighted by atomic mass is 10.3. The molecule has 0 spiro atoms. The number of hydrogen-bond donors (Lipinski definition) is 2. The minimum Gasteiger partial charge on any atom is -0.345 e. The summed E-state index contributed by atoms with van der Waals surface area (Å²) >= 11 is 0. The summed E-state index contributed by atoms with van der Waals surface area (Å²) in [6.45, 7) is -0.763. The molecule has 0 aliphatic carbocycles. The number of nitro benzene ring substituents is 2. The van der Waals surface area contributed by atoms with Gasteiger partial charge in [0.05, 0.1) is 45.9 Å². The SMILES string of the molecule is O=[N+]([O-])c1ccc(S(=O)(=O)NCC2(CNS(=O)(=O)c3ccc([N+](=O)[O-])cc3)OCCO2)cc1. The summed E-state index contributed by atoms with van der Waals surface area (Å²) in [5.74, 6) is -1.65. The third-order valence-corrected chi connectivity index (χ3v) is 7.43. The van der Waals surface area contributed by atoms with Gasteiger partial charge in [0.15, 0.2) is 5.79 Å². The van der Waals surface area contributed by atoms with Crippen molar-refractivity contribution in [3.63, 3.8) is 0 Å². The third-order valence-electron chi connectivity index (χ3n) is 4.59. The molecule has 0 aromatic heterocycles. The molecular formula is C17H18N4O10S2. The van der Waals surface area contributed by atoms with Crippen LogP contribution < -0.4 is 9.44 Å². The summed E-state index contributed by atoms with van der Waals surface area (Å²) < 4.78 is 65.5. The molecular weight excluding hydrogens is 484 g/mol. The van der Waals surface area contributed by atoms with Crippen LogP contribution in [0, 0.1) is 20.2 Å². The lowest BCUT2D eigenvalue weighted by Gasteiger charge is -2.27. The van der Waals surface area contributed by atoms with Crippen molar-refractivity contribution in [2.75, 3.05) is 26.3 Å². The maximum atomic E-state index is 12.5. The van der Waals surface area contributed by atoms with Gasteiger partial charge in [-0.2, -0.15) is 0 Å². The molecule has 1 saturated heterocycles. The second-order valence-electron chi connectivity index (χ2n) is 6.76. The fourth-order valence-electron chi connectivity index (χ4n) is 2.83. The van der Waals surface area contributed by atoms with Gasteiger partial charge in [-0.25, -0.2) is 26.3 Å². The zero-order valence-electron chi connectivity index (χ0n) is 16.7. The van der Waals surface area contributed by atoms with E-state index in [1.54, 1.807) is 0 Å². The standard InChI is InChI=1S/C17H18N4O10S2/c22-20(23)13-1-5-15(6-2-13)32(26,27)18-11-17(30-9-10-31-17)12-19-33(28,29)16-7-3-14(4-8-16)21(24)25/h1-8,18-19H,9-12H2. The summed E-state index contributed by atoms with van der Waals surface area (Å²) in [7, 11) is -8.24. The molecule has 2 aromatic rings. The fraction of sp³-hybridized carbons (Fsp3) is 0.294. The van der Waals surface area contributed by atoms with Gasteiger partial charge in [0.1, 0.15) is 0 Å². The van der Waals surface area contributed by atoms with E-state index in [1.165, 1.54) is 0 Å². The molecule has 0 amide bonds. The quantitative estimate of drug-likeness (QED) is 0.341. The highest BCUT2D eigenvalue weighted by Crippen LogP contribution is 2.22. The Labute approximate surface area is 187 Å². The van der Waals surface area contributed by atoms with Gasteiger partial charge < -0.3 is 9.47 Å². The first kappa shape index (κ1) is 24.6. The average molecular weight is 502 g/mol. The Balaban J connectivity index is 1.70. The topological polar surface area (TPSA) is 197 Å². The molecule has 0 atom stereocenters. The molecule has 1 aliphatic heterocycles. The number of rotatable bonds is 10. The molecule has 1 fully saturated rings. The smallest absolute Gasteiger partial charge is 0.269 e. The summed E-state index contributed by atoms with van der Waals surface area (Å²) in [6, 6.07) is 8.36. The highest BCUT2D eigenvalue weighted by atomic mass is 32.2. The van der Waals surface area contributed by atoms with Gasteiger partial charge in [0, 0.05) is 24.3 Å². The van der Waals surface area contributed by atoms with Crippen LogP contribution in [0.5, 0.6) is 0 Å². The normalized spacial score (nSPS) is 15.9. The maximum Gasteiger partial charge on any atom is 0.269 e. The van der Waals surface area contributed by atoms with E-state index in [0.29, 0.717) is 0 Å². The van der Waals surface area contributed by atoms with E-state index in [0.717, 1.165) is 48.5 Å². The highest BCUT2D eigenvalue weighted by Gasteiger charge is 2.39. The van der Waals surface area contributed by atoms with Crippen molar-refractivity contribution >= 4 is 31.4 Å². The molecule has 1 aliphatic rings. The third kappa shape index (κ3) is 5.86. The average Bonchev–Trinajstić information content (AvgIpc) is 3.26. The molecule has 0 unspecified atom stereocenters. The number of non-ortho nitro benzene ring substituents is 2. The first-order chi connectivity index (χ1) is 15.4. The number of nitrogens with zero attached hydrogens (tertiary/aromatic N) is 2. The molecule has 1 heterocycles. The molecule has 0 radical (unpaired) electrons. The Hall–Kier alpha value is -3.02. The van der Waals surface area contributed by atoms with Gasteiger partial charge in [-0.1, -0.05) is 0 Å². The van der Waals surface area contributed by atoms with E-state index < -0.39 is 48.8 Å². The van der Waals surface area contributed by atoms with Gasteiger partial charge in [-0.05, 0) is 24.3 Å². The minimum atomic E-state index is -4.12. The summed E-state index contributed by atoms with van der Waals surface area (Å²) in [5.41, 5.74) is -0.568. The Kier molecular flexibility index (Phi) is 7.06. The predicted octanol–water partition coefficient (Wildman–Crippen LogP) is 0.503. The monoisotopic (exact) mass is 502 g/mol. The number of hydrogen-bond acceptors (Lipinski definition) is 10. The van der Waals surface area contributed by atoms with E-state index in [-0.39, 0.29) is 34.4 Å². The fourth-order valence-corrected chi connectivity index (χ4v) is 4.98. The number of nitro groups is 2. The van der Waals surface area contributed by atoms with Crippen molar-refractivity contribution in [2.45, 2.75) is 15.6 Å². The van der Waals surface area contributed by atoms with Crippen LogP contribution in [0.3, 0.4) is 0 Å². The Morgan fingerprint density at radius 2 is 1.06 bits per heavy atom. The van der Waals surface area contributed by atoms with Crippen molar-refractivity contribution < 1.29 is 36.2 Å². The van der Waals surface area contributed by atoms with E-state index in [9.17, 15) is 37.1 Å². The van der Waals surface area contributed by atoms with Crippen LogP contribution in [-0.4, -0.2) is 58.8 Å². The molecule has 33 heavy (non-hydrogen) atoms. The minimum absolute atomic E-state index is 0.0819. The van der Waals surface area contributed by atoms with Crippen molar-refractivity contribution in [3.8, 4) is 0 Å².